The summed E-state index contributed by atoms with van der Waals surface area (Å²) in [5.41, 5.74) is 12.0. The van der Waals surface area contributed by atoms with Crippen LogP contribution in [0.2, 0.25) is 0 Å². The van der Waals surface area contributed by atoms with Crippen LogP contribution in [0, 0.1) is 6.92 Å². The van der Waals surface area contributed by atoms with Gasteiger partial charge in [-0.3, -0.25) is 0 Å². The SMILES string of the molecule is CC1=Cc2cc(-c3c4ccccc4c(-c4ccc(C)cc4)c4ccccc34)ccc2C1c1ccccc1. The second-order valence-corrected chi connectivity index (χ2v) is 10.3. The molecule has 1 atom stereocenters. The average Bonchev–Trinajstić information content (AvgIpc) is 3.27. The van der Waals surface area contributed by atoms with E-state index in [0.29, 0.717) is 5.92 Å². The minimum Gasteiger partial charge on any atom is -0.0622 e. The Morgan fingerprint density at radius 1 is 0.486 bits per heavy atom. The van der Waals surface area contributed by atoms with Crippen LogP contribution < -0.4 is 0 Å². The summed E-state index contributed by atoms with van der Waals surface area (Å²) < 4.78 is 0. The van der Waals surface area contributed by atoms with Gasteiger partial charge in [0.1, 0.15) is 0 Å². The molecule has 0 fully saturated rings. The zero-order chi connectivity index (χ0) is 24.9. The summed E-state index contributed by atoms with van der Waals surface area (Å²) in [7, 11) is 0. The largest absolute Gasteiger partial charge is 0.0622 e. The summed E-state index contributed by atoms with van der Waals surface area (Å²) in [5, 5.41) is 5.20. The van der Waals surface area contributed by atoms with Crippen LogP contribution in [0.15, 0.2) is 127 Å². The minimum atomic E-state index is 0.336. The van der Waals surface area contributed by atoms with E-state index in [1.165, 1.54) is 71.6 Å². The molecule has 0 bridgehead atoms. The molecule has 0 nitrogen and oxygen atoms in total. The molecule has 1 unspecified atom stereocenters. The highest BCUT2D eigenvalue weighted by atomic mass is 14.3. The Morgan fingerprint density at radius 3 is 1.59 bits per heavy atom. The van der Waals surface area contributed by atoms with Gasteiger partial charge in [0.15, 0.2) is 0 Å². The number of rotatable bonds is 3. The highest BCUT2D eigenvalue weighted by Crippen LogP contribution is 2.46. The Bertz CT molecular complexity index is 1760. The summed E-state index contributed by atoms with van der Waals surface area (Å²) >= 11 is 0. The van der Waals surface area contributed by atoms with Crippen LogP contribution in [0.4, 0.5) is 0 Å². The fourth-order valence-electron chi connectivity index (χ4n) is 6.25. The lowest BCUT2D eigenvalue weighted by Gasteiger charge is -2.19. The number of fused-ring (bicyclic) bond motifs is 3. The molecule has 6 aromatic rings. The van der Waals surface area contributed by atoms with Gasteiger partial charge in [-0.2, -0.15) is 0 Å². The van der Waals surface area contributed by atoms with Gasteiger partial charge in [-0.15, -0.1) is 0 Å². The average molecular weight is 473 g/mol. The van der Waals surface area contributed by atoms with Crippen molar-refractivity contribution in [3.05, 3.63) is 149 Å². The van der Waals surface area contributed by atoms with E-state index in [2.05, 4.69) is 141 Å². The molecular formula is C37H28. The summed E-state index contributed by atoms with van der Waals surface area (Å²) in [4.78, 5) is 0. The molecule has 0 aliphatic heterocycles. The summed E-state index contributed by atoms with van der Waals surface area (Å²) in [6, 6.07) is 44.7. The molecule has 176 valence electrons. The lowest BCUT2D eigenvalue weighted by atomic mass is 9.84. The van der Waals surface area contributed by atoms with Crippen molar-refractivity contribution in [2.24, 2.45) is 0 Å². The lowest BCUT2D eigenvalue weighted by molar-refractivity contribution is 0.977. The van der Waals surface area contributed by atoms with Crippen LogP contribution in [0.25, 0.3) is 49.9 Å². The maximum absolute atomic E-state index is 2.40. The van der Waals surface area contributed by atoms with E-state index in [1.54, 1.807) is 0 Å². The molecule has 1 aliphatic rings. The Hall–Kier alpha value is -4.42. The van der Waals surface area contributed by atoms with Gasteiger partial charge >= 0.3 is 0 Å². The Morgan fingerprint density at radius 2 is 1.00 bits per heavy atom. The van der Waals surface area contributed by atoms with Crippen molar-refractivity contribution in [2.45, 2.75) is 19.8 Å². The zero-order valence-corrected chi connectivity index (χ0v) is 21.2. The maximum atomic E-state index is 2.40. The van der Waals surface area contributed by atoms with Gasteiger partial charge in [0, 0.05) is 5.92 Å². The molecule has 1 aliphatic carbocycles. The lowest BCUT2D eigenvalue weighted by Crippen LogP contribution is -1.99. The zero-order valence-electron chi connectivity index (χ0n) is 21.2. The monoisotopic (exact) mass is 472 g/mol. The Balaban J connectivity index is 1.49. The predicted molar refractivity (Wildman–Crippen MR) is 159 cm³/mol. The first kappa shape index (κ1) is 21.8. The highest BCUT2D eigenvalue weighted by molar-refractivity contribution is 6.21. The fourth-order valence-corrected chi connectivity index (χ4v) is 6.25. The third-order valence-corrected chi connectivity index (χ3v) is 7.93. The quantitative estimate of drug-likeness (QED) is 0.225. The molecule has 7 rings (SSSR count). The molecule has 0 saturated heterocycles. The van der Waals surface area contributed by atoms with E-state index < -0.39 is 0 Å². The predicted octanol–water partition coefficient (Wildman–Crippen LogP) is 10.2. The van der Waals surface area contributed by atoms with Crippen LogP contribution in [0.3, 0.4) is 0 Å². The topological polar surface area (TPSA) is 0 Å². The molecule has 0 spiro atoms. The van der Waals surface area contributed by atoms with Gasteiger partial charge in [-0.25, -0.2) is 0 Å². The normalized spacial score (nSPS) is 14.6. The van der Waals surface area contributed by atoms with Gasteiger partial charge in [0.2, 0.25) is 0 Å². The molecule has 0 amide bonds. The highest BCUT2D eigenvalue weighted by Gasteiger charge is 2.25. The third kappa shape index (κ3) is 3.52. The smallest absolute Gasteiger partial charge is 0.0305 e. The second kappa shape index (κ2) is 8.61. The minimum absolute atomic E-state index is 0.336. The number of benzene rings is 6. The molecule has 0 radical (unpaired) electrons. The molecule has 0 saturated carbocycles. The second-order valence-electron chi connectivity index (χ2n) is 10.3. The number of hydrogen-bond donors (Lipinski definition) is 0. The van der Waals surface area contributed by atoms with E-state index >= 15 is 0 Å². The van der Waals surface area contributed by atoms with Crippen molar-refractivity contribution in [3.63, 3.8) is 0 Å². The standard InChI is InChI=1S/C37H28/c1-24-16-18-27(19-17-24)36-31-12-6-8-14-33(31)37(34-15-9-7-13-32(34)36)28-20-21-30-29(23-28)22-25(2)35(30)26-10-4-3-5-11-26/h3-23,35H,1-2H3. The molecular weight excluding hydrogens is 444 g/mol. The number of hydrogen-bond acceptors (Lipinski definition) is 0. The van der Waals surface area contributed by atoms with Crippen molar-refractivity contribution >= 4 is 27.6 Å². The van der Waals surface area contributed by atoms with Crippen LogP contribution in [-0.2, 0) is 0 Å². The van der Waals surface area contributed by atoms with Gasteiger partial charge in [0.25, 0.3) is 0 Å². The first-order valence-corrected chi connectivity index (χ1v) is 13.1. The van der Waals surface area contributed by atoms with Crippen LogP contribution in [-0.4, -0.2) is 0 Å². The summed E-state index contributed by atoms with van der Waals surface area (Å²) in [6.07, 6.45) is 2.38. The summed E-state index contributed by atoms with van der Waals surface area (Å²) in [5.74, 6) is 0.336. The number of aryl methyl sites for hydroxylation is 1. The van der Waals surface area contributed by atoms with E-state index in [0.717, 1.165) is 0 Å². The van der Waals surface area contributed by atoms with Crippen molar-refractivity contribution in [1.29, 1.82) is 0 Å². The Kier molecular flexibility index (Phi) is 5.08. The van der Waals surface area contributed by atoms with E-state index in [9.17, 15) is 0 Å². The van der Waals surface area contributed by atoms with Crippen LogP contribution in [0.1, 0.15) is 35.1 Å². The van der Waals surface area contributed by atoms with Crippen molar-refractivity contribution in [2.75, 3.05) is 0 Å². The van der Waals surface area contributed by atoms with Gasteiger partial charge < -0.3 is 0 Å². The molecule has 0 heteroatoms. The fraction of sp³-hybridized carbons (Fsp3) is 0.0811. The van der Waals surface area contributed by atoms with Gasteiger partial charge in [-0.05, 0) is 80.4 Å². The van der Waals surface area contributed by atoms with Gasteiger partial charge in [0.05, 0.1) is 0 Å². The first-order valence-electron chi connectivity index (χ1n) is 13.1. The summed E-state index contributed by atoms with van der Waals surface area (Å²) in [6.45, 7) is 4.41. The van der Waals surface area contributed by atoms with Gasteiger partial charge in [-0.1, -0.05) is 132 Å². The van der Waals surface area contributed by atoms with Crippen molar-refractivity contribution in [1.82, 2.24) is 0 Å². The molecule has 0 heterocycles. The molecule has 0 aromatic heterocycles. The molecule has 37 heavy (non-hydrogen) atoms. The van der Waals surface area contributed by atoms with E-state index in [-0.39, 0.29) is 0 Å². The van der Waals surface area contributed by atoms with Crippen molar-refractivity contribution < 1.29 is 0 Å². The third-order valence-electron chi connectivity index (χ3n) is 7.93. The number of allylic oxidation sites excluding steroid dienone is 1. The Labute approximate surface area is 218 Å². The maximum Gasteiger partial charge on any atom is 0.0305 e. The van der Waals surface area contributed by atoms with Crippen molar-refractivity contribution in [3.8, 4) is 22.3 Å². The first-order chi connectivity index (χ1) is 18.2. The molecule has 6 aromatic carbocycles. The molecule has 0 N–H and O–H groups in total. The van der Waals surface area contributed by atoms with Crippen LogP contribution in [0.5, 0.6) is 0 Å². The van der Waals surface area contributed by atoms with E-state index in [1.807, 2.05) is 0 Å². The van der Waals surface area contributed by atoms with Crippen LogP contribution >= 0.6 is 0 Å². The van der Waals surface area contributed by atoms with E-state index in [4.69, 9.17) is 0 Å².